The van der Waals surface area contributed by atoms with E-state index in [1.165, 1.54) is 0 Å². The van der Waals surface area contributed by atoms with Crippen LogP contribution in [-0.2, 0) is 0 Å². The van der Waals surface area contributed by atoms with Gasteiger partial charge in [-0.3, -0.25) is 0 Å². The molecule has 0 atom stereocenters. The quantitative estimate of drug-likeness (QED) is 0.829. The number of halogens is 1. The third-order valence-corrected chi connectivity index (χ3v) is 2.90. The summed E-state index contributed by atoms with van der Waals surface area (Å²) in [5.41, 5.74) is 6.74. The molecule has 0 spiro atoms. The maximum Gasteiger partial charge on any atom is 0.165 e. The van der Waals surface area contributed by atoms with Crippen LogP contribution in [0.25, 0.3) is 0 Å². The van der Waals surface area contributed by atoms with Crippen LogP contribution >= 0.6 is 0 Å². The van der Waals surface area contributed by atoms with Gasteiger partial charge in [0, 0.05) is 6.04 Å². The molecule has 2 N–H and O–H groups in total. The fourth-order valence-corrected chi connectivity index (χ4v) is 1.98. The van der Waals surface area contributed by atoms with Gasteiger partial charge in [0.15, 0.2) is 11.6 Å². The summed E-state index contributed by atoms with van der Waals surface area (Å²) in [6.45, 7) is 2.34. The van der Waals surface area contributed by atoms with Crippen molar-refractivity contribution in [1.82, 2.24) is 0 Å². The molecule has 1 aliphatic rings. The van der Waals surface area contributed by atoms with Crippen molar-refractivity contribution in [2.45, 2.75) is 31.7 Å². The Morgan fingerprint density at radius 3 is 2.73 bits per heavy atom. The molecule has 2 rings (SSSR count). The van der Waals surface area contributed by atoms with E-state index < -0.39 is 0 Å². The number of ether oxygens (including phenoxy) is 1. The summed E-state index contributed by atoms with van der Waals surface area (Å²) in [7, 11) is 0. The first-order valence-electron chi connectivity index (χ1n) is 5.38. The van der Waals surface area contributed by atoms with Crippen molar-refractivity contribution in [1.29, 1.82) is 0 Å². The van der Waals surface area contributed by atoms with Gasteiger partial charge in [-0.15, -0.1) is 0 Å². The predicted molar refractivity (Wildman–Crippen MR) is 57.5 cm³/mol. The van der Waals surface area contributed by atoms with Gasteiger partial charge in [0.25, 0.3) is 0 Å². The molecule has 0 saturated heterocycles. The van der Waals surface area contributed by atoms with Crippen LogP contribution in [0.2, 0.25) is 0 Å². The zero-order valence-electron chi connectivity index (χ0n) is 8.87. The lowest BCUT2D eigenvalue weighted by molar-refractivity contribution is 0.318. The molecule has 1 saturated carbocycles. The van der Waals surface area contributed by atoms with Crippen LogP contribution in [0.4, 0.5) is 4.39 Å². The van der Waals surface area contributed by atoms with E-state index in [2.05, 4.69) is 0 Å². The van der Waals surface area contributed by atoms with Crippen LogP contribution in [0.3, 0.4) is 0 Å². The third kappa shape index (κ3) is 2.12. The minimum atomic E-state index is -0.269. The number of nitrogens with two attached hydrogens (primary N) is 1. The summed E-state index contributed by atoms with van der Waals surface area (Å²) in [4.78, 5) is 0. The van der Waals surface area contributed by atoms with E-state index in [1.54, 1.807) is 12.1 Å². The Kier molecular flexibility index (Phi) is 2.91. The van der Waals surface area contributed by atoms with Crippen molar-refractivity contribution in [3.8, 4) is 5.75 Å². The fraction of sp³-hybridized carbons (Fsp3) is 0.500. The van der Waals surface area contributed by atoms with Crippen molar-refractivity contribution in [3.05, 3.63) is 29.6 Å². The Morgan fingerprint density at radius 2 is 2.20 bits per heavy atom. The number of rotatable bonds is 3. The van der Waals surface area contributed by atoms with E-state index in [1.807, 2.05) is 13.0 Å². The second-order valence-electron chi connectivity index (χ2n) is 4.05. The van der Waals surface area contributed by atoms with E-state index in [4.69, 9.17) is 10.5 Å². The molecule has 0 unspecified atom stereocenters. The first-order chi connectivity index (χ1) is 7.20. The van der Waals surface area contributed by atoms with Gasteiger partial charge in [-0.2, -0.15) is 0 Å². The second-order valence-corrected chi connectivity index (χ2v) is 4.05. The van der Waals surface area contributed by atoms with E-state index >= 15 is 0 Å². The average molecular weight is 209 g/mol. The van der Waals surface area contributed by atoms with E-state index in [0.717, 1.165) is 18.4 Å². The number of benzene rings is 1. The topological polar surface area (TPSA) is 35.2 Å². The van der Waals surface area contributed by atoms with E-state index in [9.17, 15) is 4.39 Å². The monoisotopic (exact) mass is 209 g/mol. The van der Waals surface area contributed by atoms with E-state index in [0.29, 0.717) is 24.3 Å². The summed E-state index contributed by atoms with van der Waals surface area (Å²) in [6.07, 6.45) is 1.93. The van der Waals surface area contributed by atoms with Crippen molar-refractivity contribution in [3.63, 3.8) is 0 Å². The highest BCUT2D eigenvalue weighted by atomic mass is 19.1. The normalized spacial score (nSPS) is 24.7. The molecular weight excluding hydrogens is 193 g/mol. The molecule has 0 amide bonds. The summed E-state index contributed by atoms with van der Waals surface area (Å²) >= 11 is 0. The summed E-state index contributed by atoms with van der Waals surface area (Å²) in [6, 6.07) is 5.51. The van der Waals surface area contributed by atoms with Gasteiger partial charge >= 0.3 is 0 Å². The van der Waals surface area contributed by atoms with Gasteiger partial charge in [-0.1, -0.05) is 6.07 Å². The highest BCUT2D eigenvalue weighted by Gasteiger charge is 2.27. The van der Waals surface area contributed by atoms with Gasteiger partial charge in [-0.25, -0.2) is 4.39 Å². The average Bonchev–Trinajstić information content (AvgIpc) is 2.17. The smallest absolute Gasteiger partial charge is 0.165 e. The summed E-state index contributed by atoms with van der Waals surface area (Å²) in [5.74, 6) is 0.505. The first-order valence-corrected chi connectivity index (χ1v) is 5.38. The highest BCUT2D eigenvalue weighted by Crippen LogP contribution is 2.36. The lowest BCUT2D eigenvalue weighted by atomic mass is 9.76. The molecule has 1 aliphatic carbocycles. The Bertz CT molecular complexity index is 347. The lowest BCUT2D eigenvalue weighted by Crippen LogP contribution is -2.34. The fourth-order valence-electron chi connectivity index (χ4n) is 1.98. The molecule has 0 aliphatic heterocycles. The molecule has 82 valence electrons. The maximum absolute atomic E-state index is 13.5. The molecule has 1 fully saturated rings. The minimum absolute atomic E-state index is 0.269. The minimum Gasteiger partial charge on any atom is -0.491 e. The standard InChI is InChI=1S/C12H16FNO/c1-2-15-12-4-3-8(7-11(12)13)9-5-10(14)6-9/h3-4,7,9-10H,2,5-6,14H2,1H3. The van der Waals surface area contributed by atoms with Gasteiger partial charge < -0.3 is 10.5 Å². The molecule has 2 nitrogen and oxygen atoms in total. The maximum atomic E-state index is 13.5. The third-order valence-electron chi connectivity index (χ3n) is 2.90. The van der Waals surface area contributed by atoms with Crippen LogP contribution in [0.15, 0.2) is 18.2 Å². The van der Waals surface area contributed by atoms with Crippen LogP contribution in [0.5, 0.6) is 5.75 Å². The molecule has 3 heteroatoms. The highest BCUT2D eigenvalue weighted by molar-refractivity contribution is 5.32. The molecular formula is C12H16FNO. The Labute approximate surface area is 89.2 Å². The molecule has 0 heterocycles. The largest absolute Gasteiger partial charge is 0.491 e. The Balaban J connectivity index is 2.11. The molecule has 1 aromatic carbocycles. The predicted octanol–water partition coefficient (Wildman–Crippen LogP) is 2.43. The van der Waals surface area contributed by atoms with Crippen molar-refractivity contribution in [2.75, 3.05) is 6.61 Å². The Morgan fingerprint density at radius 1 is 1.47 bits per heavy atom. The number of hydrogen-bond donors (Lipinski definition) is 1. The van der Waals surface area contributed by atoms with Gasteiger partial charge in [-0.05, 0) is 43.4 Å². The summed E-state index contributed by atoms with van der Waals surface area (Å²) < 4.78 is 18.6. The SMILES string of the molecule is CCOc1ccc(C2CC(N)C2)cc1F. The van der Waals surface area contributed by atoms with Crippen LogP contribution in [0, 0.1) is 5.82 Å². The zero-order valence-corrected chi connectivity index (χ0v) is 8.87. The lowest BCUT2D eigenvalue weighted by Gasteiger charge is -2.32. The summed E-state index contributed by atoms with van der Waals surface area (Å²) in [5, 5.41) is 0. The van der Waals surface area contributed by atoms with Gasteiger partial charge in [0.05, 0.1) is 6.61 Å². The van der Waals surface area contributed by atoms with Crippen molar-refractivity contribution < 1.29 is 9.13 Å². The molecule has 0 aromatic heterocycles. The first kappa shape index (κ1) is 10.4. The van der Waals surface area contributed by atoms with Gasteiger partial charge in [0.2, 0.25) is 0 Å². The van der Waals surface area contributed by atoms with E-state index in [-0.39, 0.29) is 5.82 Å². The van der Waals surface area contributed by atoms with Crippen LogP contribution in [-0.4, -0.2) is 12.6 Å². The second kappa shape index (κ2) is 4.19. The Hall–Kier alpha value is -1.09. The van der Waals surface area contributed by atoms with Gasteiger partial charge in [0.1, 0.15) is 0 Å². The van der Waals surface area contributed by atoms with Crippen LogP contribution in [0.1, 0.15) is 31.2 Å². The zero-order chi connectivity index (χ0) is 10.8. The number of hydrogen-bond acceptors (Lipinski definition) is 2. The van der Waals surface area contributed by atoms with Crippen molar-refractivity contribution >= 4 is 0 Å². The molecule has 1 aromatic rings. The van der Waals surface area contributed by atoms with Crippen LogP contribution < -0.4 is 10.5 Å². The molecule has 0 bridgehead atoms. The van der Waals surface area contributed by atoms with Crippen molar-refractivity contribution in [2.24, 2.45) is 5.73 Å². The molecule has 15 heavy (non-hydrogen) atoms. The molecule has 0 radical (unpaired) electrons.